The summed E-state index contributed by atoms with van der Waals surface area (Å²) in [4.78, 5) is 27.6. The molecule has 3 heterocycles. The molecule has 0 saturated carbocycles. The number of piperazine rings is 1. The maximum Gasteiger partial charge on any atom is 0.233 e. The normalized spacial score (nSPS) is 14.2. The van der Waals surface area contributed by atoms with Gasteiger partial charge in [-0.25, -0.2) is 14.4 Å². The first-order chi connectivity index (χ1) is 15.7. The summed E-state index contributed by atoms with van der Waals surface area (Å²) in [5.74, 6) is 0.178. The Morgan fingerprint density at radius 2 is 1.75 bits per heavy atom. The molecule has 1 aliphatic heterocycles. The van der Waals surface area contributed by atoms with Gasteiger partial charge in [0, 0.05) is 36.4 Å². The van der Waals surface area contributed by atoms with Crippen LogP contribution in [0.3, 0.4) is 0 Å². The van der Waals surface area contributed by atoms with E-state index in [1.165, 1.54) is 17.8 Å². The molecule has 0 bridgehead atoms. The molecule has 0 atom stereocenters. The largest absolute Gasteiger partial charge is 0.366 e. The van der Waals surface area contributed by atoms with E-state index < -0.39 is 0 Å². The van der Waals surface area contributed by atoms with Crippen LogP contribution in [0.1, 0.15) is 0 Å². The zero-order chi connectivity index (χ0) is 21.9. The third-order valence-electron chi connectivity index (χ3n) is 5.51. The standard InChI is InChI=1S/C24H21FN4OS2/c25-19-8-4-5-9-20(19)28-10-12-29(13-11-28)22(30)15-31-23-18-14-21(17-6-2-1-3-7-17)32-24(18)27-16-26-23/h1-9,14,16H,10-13,15H2. The minimum absolute atomic E-state index is 0.0773. The van der Waals surface area contributed by atoms with Gasteiger partial charge < -0.3 is 9.80 Å². The topological polar surface area (TPSA) is 49.3 Å². The summed E-state index contributed by atoms with van der Waals surface area (Å²) >= 11 is 3.08. The number of carbonyl (C=O) groups excluding carboxylic acids is 1. The Morgan fingerprint density at radius 1 is 1.00 bits per heavy atom. The molecule has 1 aliphatic rings. The van der Waals surface area contributed by atoms with E-state index >= 15 is 0 Å². The Kier molecular flexibility index (Phi) is 6.05. The fourth-order valence-electron chi connectivity index (χ4n) is 3.82. The van der Waals surface area contributed by atoms with Gasteiger partial charge in [-0.3, -0.25) is 4.79 Å². The van der Waals surface area contributed by atoms with Crippen molar-refractivity contribution in [2.75, 3.05) is 36.8 Å². The van der Waals surface area contributed by atoms with Gasteiger partial charge in [0.25, 0.3) is 0 Å². The number of amides is 1. The summed E-state index contributed by atoms with van der Waals surface area (Å²) in [6, 6.07) is 19.1. The average Bonchev–Trinajstić information content (AvgIpc) is 3.29. The maximum atomic E-state index is 14.0. The van der Waals surface area contributed by atoms with Crippen LogP contribution in [0.5, 0.6) is 0 Å². The van der Waals surface area contributed by atoms with Crippen LogP contribution in [0.4, 0.5) is 10.1 Å². The molecule has 1 amide bonds. The lowest BCUT2D eigenvalue weighted by Gasteiger charge is -2.36. The van der Waals surface area contributed by atoms with Crippen LogP contribution < -0.4 is 4.90 Å². The second kappa shape index (κ2) is 9.26. The van der Waals surface area contributed by atoms with Gasteiger partial charge in [-0.15, -0.1) is 11.3 Å². The molecule has 5 nitrogen and oxygen atoms in total. The SMILES string of the molecule is O=C(CSc1ncnc2sc(-c3ccccc3)cc12)N1CCN(c2ccccc2F)CC1. The molecule has 162 valence electrons. The number of anilines is 1. The molecule has 4 aromatic rings. The number of benzene rings is 2. The third kappa shape index (κ3) is 4.33. The first kappa shape index (κ1) is 20.9. The Hall–Kier alpha value is -2.97. The van der Waals surface area contributed by atoms with E-state index in [1.807, 2.05) is 34.1 Å². The Morgan fingerprint density at radius 3 is 2.53 bits per heavy atom. The van der Waals surface area contributed by atoms with Crippen molar-refractivity contribution in [2.45, 2.75) is 5.03 Å². The van der Waals surface area contributed by atoms with Crippen molar-refractivity contribution >= 4 is 44.9 Å². The first-order valence-electron chi connectivity index (χ1n) is 10.4. The first-order valence-corrected chi connectivity index (χ1v) is 12.2. The summed E-state index contributed by atoms with van der Waals surface area (Å²) in [6.45, 7) is 2.42. The minimum Gasteiger partial charge on any atom is -0.366 e. The smallest absolute Gasteiger partial charge is 0.233 e. The molecule has 1 fully saturated rings. The van der Waals surface area contributed by atoms with Crippen LogP contribution in [0, 0.1) is 5.82 Å². The van der Waals surface area contributed by atoms with Crippen molar-refractivity contribution in [1.29, 1.82) is 0 Å². The monoisotopic (exact) mass is 464 g/mol. The van der Waals surface area contributed by atoms with Gasteiger partial charge in [0.2, 0.25) is 5.91 Å². The van der Waals surface area contributed by atoms with E-state index in [1.54, 1.807) is 29.8 Å². The molecule has 0 N–H and O–H groups in total. The average molecular weight is 465 g/mol. The fraction of sp³-hybridized carbons (Fsp3) is 0.208. The van der Waals surface area contributed by atoms with Crippen molar-refractivity contribution in [2.24, 2.45) is 0 Å². The summed E-state index contributed by atoms with van der Waals surface area (Å²) in [5, 5.41) is 1.81. The van der Waals surface area contributed by atoms with Crippen LogP contribution in [0.25, 0.3) is 20.7 Å². The van der Waals surface area contributed by atoms with E-state index in [9.17, 15) is 9.18 Å². The van der Waals surface area contributed by atoms with Crippen LogP contribution in [-0.2, 0) is 4.79 Å². The lowest BCUT2D eigenvalue weighted by atomic mass is 10.2. The molecule has 5 rings (SSSR count). The number of thiophene rings is 1. The number of para-hydroxylation sites is 1. The number of hydrogen-bond acceptors (Lipinski definition) is 6. The Bertz CT molecular complexity index is 1240. The van der Waals surface area contributed by atoms with Gasteiger partial charge in [-0.1, -0.05) is 54.2 Å². The van der Waals surface area contributed by atoms with Gasteiger partial charge in [-0.05, 0) is 23.8 Å². The molecule has 2 aromatic heterocycles. The van der Waals surface area contributed by atoms with Crippen LogP contribution in [-0.4, -0.2) is 52.7 Å². The predicted molar refractivity (Wildman–Crippen MR) is 129 cm³/mol. The van der Waals surface area contributed by atoms with E-state index in [0.29, 0.717) is 37.6 Å². The number of carbonyl (C=O) groups is 1. The highest BCUT2D eigenvalue weighted by molar-refractivity contribution is 8.00. The van der Waals surface area contributed by atoms with Crippen LogP contribution >= 0.6 is 23.1 Å². The van der Waals surface area contributed by atoms with E-state index in [-0.39, 0.29) is 11.7 Å². The summed E-state index contributed by atoms with van der Waals surface area (Å²) in [5.41, 5.74) is 1.75. The molecule has 0 aliphatic carbocycles. The van der Waals surface area contributed by atoms with Crippen LogP contribution in [0.2, 0.25) is 0 Å². The van der Waals surface area contributed by atoms with Crippen molar-refractivity contribution in [1.82, 2.24) is 14.9 Å². The fourth-order valence-corrected chi connectivity index (χ4v) is 5.76. The molecule has 8 heteroatoms. The van der Waals surface area contributed by atoms with E-state index in [2.05, 4.69) is 28.2 Å². The zero-order valence-corrected chi connectivity index (χ0v) is 18.9. The number of nitrogens with zero attached hydrogens (tertiary/aromatic N) is 4. The molecule has 2 aromatic carbocycles. The predicted octanol–water partition coefficient (Wildman–Crippen LogP) is 4.94. The van der Waals surface area contributed by atoms with Crippen molar-refractivity contribution in [3.05, 3.63) is 72.8 Å². The molecular formula is C24H21FN4OS2. The van der Waals surface area contributed by atoms with Crippen LogP contribution in [0.15, 0.2) is 72.0 Å². The van der Waals surface area contributed by atoms with Crippen molar-refractivity contribution in [3.63, 3.8) is 0 Å². The Balaban J connectivity index is 1.23. The summed E-state index contributed by atoms with van der Waals surface area (Å²) in [7, 11) is 0. The number of fused-ring (bicyclic) bond motifs is 1. The number of thioether (sulfide) groups is 1. The van der Waals surface area contributed by atoms with E-state index in [4.69, 9.17) is 0 Å². The third-order valence-corrected chi connectivity index (χ3v) is 7.59. The minimum atomic E-state index is -0.221. The number of aromatic nitrogens is 2. The lowest BCUT2D eigenvalue weighted by molar-refractivity contribution is -0.128. The highest BCUT2D eigenvalue weighted by Gasteiger charge is 2.23. The molecule has 32 heavy (non-hydrogen) atoms. The van der Waals surface area contributed by atoms with Gasteiger partial charge in [0.1, 0.15) is 22.0 Å². The second-order valence-corrected chi connectivity index (χ2v) is 9.48. The zero-order valence-electron chi connectivity index (χ0n) is 17.3. The highest BCUT2D eigenvalue weighted by Crippen LogP contribution is 2.36. The van der Waals surface area contributed by atoms with Gasteiger partial charge in [0.15, 0.2) is 0 Å². The van der Waals surface area contributed by atoms with Crippen molar-refractivity contribution in [3.8, 4) is 10.4 Å². The number of hydrogen-bond donors (Lipinski definition) is 0. The summed E-state index contributed by atoms with van der Waals surface area (Å²) < 4.78 is 14.0. The molecule has 0 radical (unpaired) electrons. The second-order valence-electron chi connectivity index (χ2n) is 7.48. The van der Waals surface area contributed by atoms with Gasteiger partial charge >= 0.3 is 0 Å². The lowest BCUT2D eigenvalue weighted by Crippen LogP contribution is -2.49. The van der Waals surface area contributed by atoms with E-state index in [0.717, 1.165) is 25.7 Å². The number of rotatable bonds is 5. The molecule has 0 unspecified atom stereocenters. The van der Waals surface area contributed by atoms with Gasteiger partial charge in [-0.2, -0.15) is 0 Å². The molecular weight excluding hydrogens is 443 g/mol. The molecule has 0 spiro atoms. The quantitative estimate of drug-likeness (QED) is 0.309. The molecule has 1 saturated heterocycles. The summed E-state index contributed by atoms with van der Waals surface area (Å²) in [6.07, 6.45) is 1.56. The number of halogens is 1. The van der Waals surface area contributed by atoms with Crippen molar-refractivity contribution < 1.29 is 9.18 Å². The highest BCUT2D eigenvalue weighted by atomic mass is 32.2. The Labute approximate surface area is 193 Å². The maximum absolute atomic E-state index is 14.0. The van der Waals surface area contributed by atoms with Gasteiger partial charge in [0.05, 0.1) is 11.4 Å².